The number of hydrogen-bond donors (Lipinski definition) is 1. The van der Waals surface area contributed by atoms with Gasteiger partial charge in [-0.2, -0.15) is 5.10 Å². The molecule has 1 N–H and O–H groups in total. The van der Waals surface area contributed by atoms with Crippen LogP contribution in [0.3, 0.4) is 0 Å². The van der Waals surface area contributed by atoms with Crippen LogP contribution < -0.4 is 19.6 Å². The quantitative estimate of drug-likeness (QED) is 0.00901. The summed E-state index contributed by atoms with van der Waals surface area (Å²) in [7, 11) is 0. The second-order valence-corrected chi connectivity index (χ2v) is 16.6. The van der Waals surface area contributed by atoms with Gasteiger partial charge < -0.3 is 52.1 Å². The number of carbonyl (C=O) groups is 7. The lowest BCUT2D eigenvalue weighted by molar-refractivity contribution is -0.157. The molecule has 402 valence electrons. The minimum Gasteiger partial charge on any atom is -0.490 e. The number of fused-ring (bicyclic) bond motifs is 1. The average Bonchev–Trinajstić information content (AvgIpc) is 3.84. The molecule has 0 fully saturated rings. The van der Waals surface area contributed by atoms with E-state index in [9.17, 15) is 33.6 Å². The van der Waals surface area contributed by atoms with Crippen LogP contribution >= 0.6 is 11.3 Å². The molecule has 0 aliphatic carbocycles. The SMILES string of the molecule is C=CC(=O)OCCCCOCC(COc1ccc(OC(=O)c2ccc(OCC(COCCCCOC(=O)CC)OC(=O)CCOC(=O)C=C)cc2)c(/C=N/Nc2nc3ccccc3s2)c1)OC(=O)CCOC(=O)C=C. The normalized spacial score (nSPS) is 11.6. The van der Waals surface area contributed by atoms with Crippen molar-refractivity contribution >= 4 is 74.7 Å². The van der Waals surface area contributed by atoms with E-state index in [0.717, 1.165) is 28.4 Å². The first kappa shape index (κ1) is 59.6. The number of ether oxygens (including phenoxy) is 11. The topological polar surface area (TPSA) is 258 Å². The van der Waals surface area contributed by atoms with E-state index in [0.29, 0.717) is 48.7 Å². The number of esters is 7. The highest BCUT2D eigenvalue weighted by atomic mass is 32.1. The molecule has 75 heavy (non-hydrogen) atoms. The molecule has 22 heteroatoms. The Morgan fingerprint density at radius 1 is 0.627 bits per heavy atom. The molecule has 0 radical (unpaired) electrons. The first-order chi connectivity index (χ1) is 36.4. The van der Waals surface area contributed by atoms with Gasteiger partial charge in [-0.3, -0.25) is 19.8 Å². The molecular formula is C53H61N3O18S. The van der Waals surface area contributed by atoms with Gasteiger partial charge in [0.15, 0.2) is 12.2 Å². The van der Waals surface area contributed by atoms with Crippen molar-refractivity contribution in [2.45, 2.75) is 64.1 Å². The van der Waals surface area contributed by atoms with Gasteiger partial charge in [-0.1, -0.05) is 50.1 Å². The monoisotopic (exact) mass is 1060 g/mol. The van der Waals surface area contributed by atoms with Crippen LogP contribution in [0.2, 0.25) is 0 Å². The van der Waals surface area contributed by atoms with E-state index in [-0.39, 0.29) is 102 Å². The van der Waals surface area contributed by atoms with E-state index in [1.807, 2.05) is 24.3 Å². The number of rotatable bonds is 37. The van der Waals surface area contributed by atoms with Crippen LogP contribution in [0.15, 0.2) is 110 Å². The molecular weight excluding hydrogens is 999 g/mol. The van der Waals surface area contributed by atoms with Gasteiger partial charge in [-0.15, -0.1) is 0 Å². The van der Waals surface area contributed by atoms with Crippen LogP contribution in [0.5, 0.6) is 17.2 Å². The lowest BCUT2D eigenvalue weighted by Crippen LogP contribution is -2.30. The summed E-state index contributed by atoms with van der Waals surface area (Å²) in [5, 5.41) is 4.86. The number of carbonyl (C=O) groups excluding carboxylic acids is 7. The number of hydrogen-bond acceptors (Lipinski definition) is 22. The molecule has 1 aromatic heterocycles. The number of thiazole rings is 1. The molecule has 4 rings (SSSR count). The van der Waals surface area contributed by atoms with Crippen LogP contribution in [0.1, 0.15) is 67.8 Å². The van der Waals surface area contributed by atoms with Crippen molar-refractivity contribution in [1.82, 2.24) is 4.98 Å². The van der Waals surface area contributed by atoms with Crippen LogP contribution in [0, 0.1) is 0 Å². The number of unbranched alkanes of at least 4 members (excludes halogenated alkanes) is 2. The fourth-order valence-corrected chi connectivity index (χ4v) is 6.80. The Hall–Kier alpha value is -7.95. The Balaban J connectivity index is 1.44. The zero-order valence-corrected chi connectivity index (χ0v) is 42.4. The molecule has 0 spiro atoms. The van der Waals surface area contributed by atoms with Crippen LogP contribution in [0.4, 0.5) is 5.13 Å². The van der Waals surface area contributed by atoms with Gasteiger partial charge in [0.25, 0.3) is 0 Å². The summed E-state index contributed by atoms with van der Waals surface area (Å²) in [5.74, 6) is -3.53. The van der Waals surface area contributed by atoms with Crippen molar-refractivity contribution in [3.05, 3.63) is 116 Å². The van der Waals surface area contributed by atoms with Gasteiger partial charge in [0.2, 0.25) is 5.13 Å². The minimum atomic E-state index is -0.913. The summed E-state index contributed by atoms with van der Waals surface area (Å²) in [6, 6.07) is 18.2. The van der Waals surface area contributed by atoms with E-state index in [1.54, 1.807) is 19.1 Å². The molecule has 4 aromatic rings. The Bertz CT molecular complexity index is 2510. The highest BCUT2D eigenvalue weighted by Gasteiger charge is 2.20. The van der Waals surface area contributed by atoms with Crippen molar-refractivity contribution in [2.75, 3.05) is 71.5 Å². The molecule has 0 saturated heterocycles. The number of para-hydroxylation sites is 1. The average molecular weight is 1060 g/mol. The number of anilines is 1. The van der Waals surface area contributed by atoms with Gasteiger partial charge >= 0.3 is 41.8 Å². The lowest BCUT2D eigenvalue weighted by atomic mass is 10.2. The van der Waals surface area contributed by atoms with Gasteiger partial charge in [0, 0.05) is 43.4 Å². The Labute approximate surface area is 437 Å². The van der Waals surface area contributed by atoms with E-state index in [4.69, 9.17) is 52.1 Å². The third-order valence-corrected chi connectivity index (χ3v) is 10.7. The van der Waals surface area contributed by atoms with Crippen LogP contribution in [0.25, 0.3) is 10.2 Å². The molecule has 2 unspecified atom stereocenters. The van der Waals surface area contributed by atoms with Crippen molar-refractivity contribution < 1.29 is 85.7 Å². The molecule has 3 aromatic carbocycles. The number of nitrogens with zero attached hydrogens (tertiary/aromatic N) is 2. The van der Waals surface area contributed by atoms with E-state index >= 15 is 0 Å². The van der Waals surface area contributed by atoms with Crippen molar-refractivity contribution in [3.63, 3.8) is 0 Å². The summed E-state index contributed by atoms with van der Waals surface area (Å²) < 4.78 is 61.3. The Morgan fingerprint density at radius 2 is 1.16 bits per heavy atom. The van der Waals surface area contributed by atoms with Crippen LogP contribution in [-0.2, 0) is 66.7 Å². The number of hydrazone groups is 1. The molecule has 0 aliphatic heterocycles. The van der Waals surface area contributed by atoms with Gasteiger partial charge in [0.05, 0.1) is 61.3 Å². The largest absolute Gasteiger partial charge is 0.490 e. The first-order valence-electron chi connectivity index (χ1n) is 23.8. The predicted octanol–water partition coefficient (Wildman–Crippen LogP) is 7.06. The van der Waals surface area contributed by atoms with E-state index in [1.165, 1.54) is 47.9 Å². The van der Waals surface area contributed by atoms with E-state index < -0.39 is 48.0 Å². The highest BCUT2D eigenvalue weighted by molar-refractivity contribution is 7.22. The van der Waals surface area contributed by atoms with Crippen molar-refractivity contribution in [1.29, 1.82) is 0 Å². The number of aromatic nitrogens is 1. The van der Waals surface area contributed by atoms with Crippen molar-refractivity contribution in [3.8, 4) is 17.2 Å². The summed E-state index contributed by atoms with van der Waals surface area (Å²) in [5.41, 5.74) is 4.16. The molecule has 2 atom stereocenters. The fraction of sp³-hybridized carbons (Fsp3) is 0.377. The Morgan fingerprint density at radius 3 is 1.73 bits per heavy atom. The van der Waals surface area contributed by atoms with E-state index in [2.05, 4.69) is 35.2 Å². The lowest BCUT2D eigenvalue weighted by Gasteiger charge is -2.19. The molecule has 0 aliphatic rings. The molecule has 21 nitrogen and oxygen atoms in total. The molecule has 0 amide bonds. The van der Waals surface area contributed by atoms with Crippen molar-refractivity contribution in [2.24, 2.45) is 5.10 Å². The fourth-order valence-electron chi connectivity index (χ4n) is 5.98. The number of nitrogens with one attached hydrogen (secondary N) is 1. The standard InChI is InChI=1S/C53H61N3O18S/c1-5-46(57)66-27-13-11-25-64-33-41(72-50(61)23-29-68-48(59)7-3)35-70-39-19-17-37(18-20-39)52(63)74-44-22-21-40(31-38(44)32-54-56-53-55-43-15-9-10-16-45(43)75-53)71-36-42(73-51(62)24-30-69-49(60)8-4)34-65-26-12-14-28-67-47(58)6-2/h6-10,15-22,31-32,41-42H,2-5,11-14,23-30,33-36H2,1H3,(H,55,56)/b54-32+. The minimum absolute atomic E-state index is 0.0266. The zero-order valence-electron chi connectivity index (χ0n) is 41.6. The zero-order chi connectivity index (χ0) is 54.0. The summed E-state index contributed by atoms with van der Waals surface area (Å²) in [6.07, 6.45) is 4.72. The first-order valence-corrected chi connectivity index (χ1v) is 24.6. The second kappa shape index (κ2) is 34.5. The molecule has 1 heterocycles. The summed E-state index contributed by atoms with van der Waals surface area (Å²) in [6.45, 7) is 11.9. The van der Waals surface area contributed by atoms with Gasteiger partial charge in [-0.25, -0.2) is 24.2 Å². The van der Waals surface area contributed by atoms with Gasteiger partial charge in [0.1, 0.15) is 43.7 Å². The summed E-state index contributed by atoms with van der Waals surface area (Å²) >= 11 is 1.39. The molecule has 0 bridgehead atoms. The third kappa shape index (κ3) is 24.1. The second-order valence-electron chi connectivity index (χ2n) is 15.6. The highest BCUT2D eigenvalue weighted by Crippen LogP contribution is 2.27. The maximum atomic E-state index is 13.6. The van der Waals surface area contributed by atoms with Gasteiger partial charge in [-0.05, 0) is 80.3 Å². The predicted molar refractivity (Wildman–Crippen MR) is 273 cm³/mol. The maximum Gasteiger partial charge on any atom is 0.343 e. The summed E-state index contributed by atoms with van der Waals surface area (Å²) in [4.78, 5) is 89.0. The number of benzene rings is 3. The smallest absolute Gasteiger partial charge is 0.343 e. The molecule has 0 saturated carbocycles. The van der Waals surface area contributed by atoms with Crippen LogP contribution in [-0.4, -0.2) is 131 Å². The Kier molecular flexibility index (Phi) is 27.4. The maximum absolute atomic E-state index is 13.6. The third-order valence-electron chi connectivity index (χ3n) is 9.77.